The minimum Gasteiger partial charge on any atom is -0.297 e. The molecular formula is C15H20N4S. The zero-order valence-corrected chi connectivity index (χ0v) is 12.6. The van der Waals surface area contributed by atoms with E-state index in [1.165, 1.54) is 35.8 Å². The van der Waals surface area contributed by atoms with E-state index in [0.29, 0.717) is 5.92 Å². The van der Waals surface area contributed by atoms with Gasteiger partial charge in [-0.3, -0.25) is 4.90 Å². The van der Waals surface area contributed by atoms with Gasteiger partial charge in [-0.15, -0.1) is 11.3 Å². The van der Waals surface area contributed by atoms with Crippen LogP contribution in [0.3, 0.4) is 0 Å². The molecule has 1 aliphatic rings. The topological polar surface area (TPSA) is 41.9 Å². The minimum atomic E-state index is 0.538. The van der Waals surface area contributed by atoms with Crippen LogP contribution in [0.2, 0.25) is 0 Å². The summed E-state index contributed by atoms with van der Waals surface area (Å²) in [6.45, 7) is 5.38. The van der Waals surface area contributed by atoms with Crippen molar-refractivity contribution in [1.29, 1.82) is 0 Å². The summed E-state index contributed by atoms with van der Waals surface area (Å²) in [7, 11) is 0. The second kappa shape index (κ2) is 6.41. The molecule has 2 aromatic rings. The maximum atomic E-state index is 4.67. The first-order chi connectivity index (χ1) is 9.85. The van der Waals surface area contributed by atoms with Gasteiger partial charge in [0.25, 0.3) is 0 Å². The number of nitrogens with zero attached hydrogens (tertiary/aromatic N) is 4. The number of likely N-dealkylation sites (tertiary alicyclic amines) is 1. The quantitative estimate of drug-likeness (QED) is 0.867. The summed E-state index contributed by atoms with van der Waals surface area (Å²) in [6, 6.07) is 2.05. The van der Waals surface area contributed by atoms with Gasteiger partial charge in [0.05, 0.1) is 10.7 Å². The molecule has 0 aliphatic carbocycles. The maximum absolute atomic E-state index is 4.67. The number of aromatic nitrogens is 3. The Bertz CT molecular complexity index is 540. The van der Waals surface area contributed by atoms with E-state index in [9.17, 15) is 0 Å². The molecule has 1 fully saturated rings. The monoisotopic (exact) mass is 288 g/mol. The molecule has 0 N–H and O–H groups in total. The molecule has 5 heteroatoms. The normalized spacial score (nSPS) is 20.1. The Balaban J connectivity index is 1.63. The molecule has 1 unspecified atom stereocenters. The van der Waals surface area contributed by atoms with E-state index in [1.807, 2.05) is 12.3 Å². The molecule has 1 aliphatic heterocycles. The first kappa shape index (κ1) is 13.6. The van der Waals surface area contributed by atoms with Gasteiger partial charge in [-0.25, -0.2) is 15.0 Å². The summed E-state index contributed by atoms with van der Waals surface area (Å²) in [6.07, 6.45) is 7.00. The molecular weight excluding hydrogens is 268 g/mol. The lowest BCUT2D eigenvalue weighted by Crippen LogP contribution is -2.34. The average Bonchev–Trinajstić information content (AvgIpc) is 2.96. The van der Waals surface area contributed by atoms with Gasteiger partial charge in [0, 0.05) is 36.3 Å². The Kier molecular flexibility index (Phi) is 4.38. The van der Waals surface area contributed by atoms with E-state index in [4.69, 9.17) is 0 Å². The third-order valence-corrected chi connectivity index (χ3v) is 4.86. The molecule has 1 saturated heterocycles. The molecule has 0 aromatic carbocycles. The molecule has 4 nitrogen and oxygen atoms in total. The Morgan fingerprint density at radius 1 is 1.45 bits per heavy atom. The maximum Gasteiger partial charge on any atom is 0.115 e. The number of hydrogen-bond acceptors (Lipinski definition) is 5. The Morgan fingerprint density at radius 3 is 3.15 bits per heavy atom. The van der Waals surface area contributed by atoms with Crippen molar-refractivity contribution in [2.75, 3.05) is 13.1 Å². The van der Waals surface area contributed by atoms with Crippen LogP contribution >= 0.6 is 11.3 Å². The van der Waals surface area contributed by atoms with Crippen molar-refractivity contribution in [2.45, 2.75) is 38.6 Å². The largest absolute Gasteiger partial charge is 0.297 e. The van der Waals surface area contributed by atoms with Gasteiger partial charge >= 0.3 is 0 Å². The van der Waals surface area contributed by atoms with Crippen LogP contribution in [-0.2, 0) is 13.0 Å². The van der Waals surface area contributed by atoms with Gasteiger partial charge < -0.3 is 0 Å². The van der Waals surface area contributed by atoms with Gasteiger partial charge in [-0.05, 0) is 31.9 Å². The smallest absolute Gasteiger partial charge is 0.115 e. The van der Waals surface area contributed by atoms with E-state index in [0.717, 1.165) is 19.5 Å². The molecule has 1 atom stereocenters. The van der Waals surface area contributed by atoms with Crippen LogP contribution in [0.15, 0.2) is 24.0 Å². The summed E-state index contributed by atoms with van der Waals surface area (Å²) < 4.78 is 0. The highest BCUT2D eigenvalue weighted by Gasteiger charge is 2.22. The Morgan fingerprint density at radius 2 is 2.40 bits per heavy atom. The lowest BCUT2D eigenvalue weighted by Gasteiger charge is -2.31. The van der Waals surface area contributed by atoms with Crippen molar-refractivity contribution in [3.63, 3.8) is 0 Å². The Labute approximate surface area is 123 Å². The molecule has 0 amide bonds. The number of rotatable bonds is 4. The van der Waals surface area contributed by atoms with Crippen LogP contribution in [0, 0.1) is 0 Å². The summed E-state index contributed by atoms with van der Waals surface area (Å²) in [5, 5.41) is 3.44. The van der Waals surface area contributed by atoms with E-state index in [1.54, 1.807) is 17.7 Å². The van der Waals surface area contributed by atoms with E-state index in [2.05, 4.69) is 32.2 Å². The van der Waals surface area contributed by atoms with Crippen molar-refractivity contribution < 1.29 is 0 Å². The summed E-state index contributed by atoms with van der Waals surface area (Å²) >= 11 is 1.78. The van der Waals surface area contributed by atoms with Gasteiger partial charge in [0.15, 0.2) is 0 Å². The van der Waals surface area contributed by atoms with Crippen LogP contribution < -0.4 is 0 Å². The molecule has 3 heterocycles. The summed E-state index contributed by atoms with van der Waals surface area (Å²) in [4.78, 5) is 15.6. The average molecular weight is 288 g/mol. The van der Waals surface area contributed by atoms with Crippen molar-refractivity contribution in [3.8, 4) is 0 Å². The molecule has 0 spiro atoms. The Hall–Kier alpha value is -1.33. The second-order valence-corrected chi connectivity index (χ2v) is 6.24. The predicted molar refractivity (Wildman–Crippen MR) is 80.8 cm³/mol. The van der Waals surface area contributed by atoms with Crippen LogP contribution in [0.25, 0.3) is 0 Å². The minimum absolute atomic E-state index is 0.538. The van der Waals surface area contributed by atoms with Gasteiger partial charge in [0.1, 0.15) is 6.33 Å². The fraction of sp³-hybridized carbons (Fsp3) is 0.533. The summed E-state index contributed by atoms with van der Waals surface area (Å²) in [5.41, 5.74) is 2.40. The first-order valence-electron chi connectivity index (χ1n) is 7.26. The second-order valence-electron chi connectivity index (χ2n) is 5.29. The van der Waals surface area contributed by atoms with E-state index in [-0.39, 0.29) is 0 Å². The molecule has 0 bridgehead atoms. The van der Waals surface area contributed by atoms with Crippen LogP contribution in [0.4, 0.5) is 0 Å². The number of hydrogen-bond donors (Lipinski definition) is 0. The highest BCUT2D eigenvalue weighted by Crippen LogP contribution is 2.26. The fourth-order valence-corrected chi connectivity index (χ4v) is 3.53. The van der Waals surface area contributed by atoms with Crippen molar-refractivity contribution in [1.82, 2.24) is 19.9 Å². The third-order valence-electron chi connectivity index (χ3n) is 3.82. The summed E-state index contributed by atoms with van der Waals surface area (Å²) in [5.74, 6) is 0.538. The predicted octanol–water partition coefficient (Wildman–Crippen LogP) is 2.88. The van der Waals surface area contributed by atoms with Gasteiger partial charge in [-0.2, -0.15) is 0 Å². The highest BCUT2D eigenvalue weighted by atomic mass is 32.1. The van der Waals surface area contributed by atoms with E-state index >= 15 is 0 Å². The lowest BCUT2D eigenvalue weighted by atomic mass is 9.94. The lowest BCUT2D eigenvalue weighted by molar-refractivity contribution is 0.196. The highest BCUT2D eigenvalue weighted by molar-refractivity contribution is 7.09. The third kappa shape index (κ3) is 3.22. The van der Waals surface area contributed by atoms with Crippen LogP contribution in [-0.4, -0.2) is 32.9 Å². The van der Waals surface area contributed by atoms with Crippen molar-refractivity contribution in [2.24, 2.45) is 0 Å². The first-order valence-corrected chi connectivity index (χ1v) is 8.14. The van der Waals surface area contributed by atoms with Crippen molar-refractivity contribution >= 4 is 11.3 Å². The van der Waals surface area contributed by atoms with Crippen molar-refractivity contribution in [3.05, 3.63) is 40.4 Å². The van der Waals surface area contributed by atoms with Crippen LogP contribution in [0.5, 0.6) is 0 Å². The number of thiazole rings is 1. The van der Waals surface area contributed by atoms with Gasteiger partial charge in [0.2, 0.25) is 0 Å². The molecule has 2 aromatic heterocycles. The molecule has 20 heavy (non-hydrogen) atoms. The van der Waals surface area contributed by atoms with E-state index < -0.39 is 0 Å². The standard InChI is InChI=1S/C15H20N4S/c1-2-15-18-13(10-20-15)9-19-7-3-4-12(8-19)14-5-6-16-11-17-14/h5-6,10-12H,2-4,7-9H2,1H3. The van der Waals surface area contributed by atoms with Gasteiger partial charge in [-0.1, -0.05) is 6.92 Å². The molecule has 0 radical (unpaired) electrons. The molecule has 3 rings (SSSR count). The SMILES string of the molecule is CCc1nc(CN2CCCC(c3ccncn3)C2)cs1. The molecule has 106 valence electrons. The fourth-order valence-electron chi connectivity index (χ4n) is 2.80. The molecule has 0 saturated carbocycles. The zero-order chi connectivity index (χ0) is 13.8. The number of piperidine rings is 1. The van der Waals surface area contributed by atoms with Crippen LogP contribution in [0.1, 0.15) is 42.1 Å². The number of aryl methyl sites for hydroxylation is 1. The zero-order valence-electron chi connectivity index (χ0n) is 11.8.